The summed E-state index contributed by atoms with van der Waals surface area (Å²) in [7, 11) is -5.26. The number of nitrogens with zero attached hydrogens (tertiary/aromatic N) is 5. The SMILES string of the molecule is Cc1ccc(C(=O)Oc2ccc(CSP3(=O)OC[C@H]4O[C@@H](n5cnc6c(N)ncnc65)[C@H](OP(=O)(O)OC[C@H]5O[C@@H](n6ccc(=O)[nH]c6=O)[C@H](O3)[C@@H]5F)[C@@H]4F)cc2)cc1. The average Bonchev–Trinajstić information content (AvgIpc) is 3.86. The Kier molecular flexibility index (Phi) is 11.4. The van der Waals surface area contributed by atoms with Gasteiger partial charge in [-0.1, -0.05) is 29.8 Å². The largest absolute Gasteiger partial charge is 0.472 e. The van der Waals surface area contributed by atoms with Crippen molar-refractivity contribution in [1.29, 1.82) is 0 Å². The molecule has 3 aromatic heterocycles. The zero-order valence-corrected chi connectivity index (χ0v) is 33.0. The number of phosphoric ester groups is 1. The maximum Gasteiger partial charge on any atom is 0.472 e. The number of alkyl halides is 2. The summed E-state index contributed by atoms with van der Waals surface area (Å²) in [6, 6.07) is 13.9. The van der Waals surface area contributed by atoms with Gasteiger partial charge in [0.25, 0.3) is 5.56 Å². The van der Waals surface area contributed by atoms with Crippen molar-refractivity contribution in [3.8, 4) is 5.75 Å². The summed E-state index contributed by atoms with van der Waals surface area (Å²) in [5, 5.41) is 0. The van der Waals surface area contributed by atoms with Crippen molar-refractivity contribution in [2.45, 2.75) is 61.9 Å². The third-order valence-electron chi connectivity index (χ3n) is 9.43. The Bertz CT molecular complexity index is 2580. The first kappa shape index (κ1) is 41.1. The molecule has 0 spiro atoms. The average molecular weight is 880 g/mol. The molecule has 4 N–H and O–H groups in total. The van der Waals surface area contributed by atoms with Crippen LogP contribution in [0.2, 0.25) is 0 Å². The molecule has 0 radical (unpaired) electrons. The number of halogens is 2. The molecule has 3 saturated heterocycles. The summed E-state index contributed by atoms with van der Waals surface area (Å²) >= 11 is 0.568. The normalized spacial score (nSPS) is 31.2. The predicted octanol–water partition coefficient (Wildman–Crippen LogP) is 3.92. The number of carbonyl (C=O) groups excluding carboxylic acids is 1. The molecule has 8 rings (SSSR count). The van der Waals surface area contributed by atoms with E-state index in [-0.39, 0.29) is 28.5 Å². The van der Waals surface area contributed by atoms with Crippen LogP contribution < -0.4 is 21.7 Å². The van der Waals surface area contributed by atoms with Gasteiger partial charge in [0, 0.05) is 18.0 Å². The minimum Gasteiger partial charge on any atom is -0.423 e. The zero-order chi connectivity index (χ0) is 41.6. The Balaban J connectivity index is 1.09. The molecule has 25 heteroatoms. The molecule has 59 heavy (non-hydrogen) atoms. The first-order valence-corrected chi connectivity index (χ1v) is 22.2. The van der Waals surface area contributed by atoms with E-state index in [1.807, 2.05) is 11.9 Å². The summed E-state index contributed by atoms with van der Waals surface area (Å²) in [6.45, 7) is -4.66. The van der Waals surface area contributed by atoms with E-state index < -0.39 is 94.3 Å². The van der Waals surface area contributed by atoms with Crippen LogP contribution in [0.5, 0.6) is 5.75 Å². The maximum atomic E-state index is 16.4. The Hall–Kier alpha value is -4.67. The number of nitrogens with two attached hydrogens (primary N) is 1. The minimum absolute atomic E-state index is 0.0262. The summed E-state index contributed by atoms with van der Waals surface area (Å²) in [5.41, 5.74) is 6.03. The zero-order valence-electron chi connectivity index (χ0n) is 30.4. The van der Waals surface area contributed by atoms with E-state index in [2.05, 4.69) is 15.0 Å². The van der Waals surface area contributed by atoms with Gasteiger partial charge >= 0.3 is 26.3 Å². The number of phosphoric acid groups is 1. The maximum absolute atomic E-state index is 16.4. The number of fused-ring (bicyclic) bond motifs is 5. The van der Waals surface area contributed by atoms with Gasteiger partial charge < -0.3 is 24.8 Å². The lowest BCUT2D eigenvalue weighted by atomic mass is 10.1. The van der Waals surface area contributed by atoms with Crippen molar-refractivity contribution in [3.63, 3.8) is 0 Å². The van der Waals surface area contributed by atoms with E-state index in [9.17, 15) is 28.4 Å². The van der Waals surface area contributed by atoms with Gasteiger partial charge in [-0.25, -0.2) is 42.5 Å². The summed E-state index contributed by atoms with van der Waals surface area (Å²) in [6.07, 6.45) is -11.9. The van der Waals surface area contributed by atoms with E-state index in [1.165, 1.54) is 23.0 Å². The predicted molar refractivity (Wildman–Crippen MR) is 202 cm³/mol. The Morgan fingerprint density at radius 2 is 1.59 bits per heavy atom. The Morgan fingerprint density at radius 1 is 0.932 bits per heavy atom. The van der Waals surface area contributed by atoms with Crippen molar-refractivity contribution in [1.82, 2.24) is 29.1 Å². The Morgan fingerprint density at radius 3 is 2.29 bits per heavy atom. The van der Waals surface area contributed by atoms with Crippen molar-refractivity contribution in [3.05, 3.63) is 111 Å². The summed E-state index contributed by atoms with van der Waals surface area (Å²) < 4.78 is 102. The molecule has 4 bridgehead atoms. The third kappa shape index (κ3) is 8.67. The number of imidazole rings is 1. The number of aromatic amines is 1. The number of anilines is 1. The molecule has 3 fully saturated rings. The molecule has 6 heterocycles. The number of H-pyrrole nitrogens is 1. The highest BCUT2D eigenvalue weighted by atomic mass is 32.7. The van der Waals surface area contributed by atoms with E-state index >= 15 is 8.78 Å². The number of carbonyl (C=O) groups is 1. The minimum atomic E-state index is -5.26. The molecule has 5 aromatic rings. The fourth-order valence-corrected chi connectivity index (χ4v) is 10.7. The van der Waals surface area contributed by atoms with Gasteiger partial charge in [-0.3, -0.25) is 37.0 Å². The number of esters is 1. The van der Waals surface area contributed by atoms with E-state index in [0.29, 0.717) is 22.5 Å². The molecule has 312 valence electrons. The lowest BCUT2D eigenvalue weighted by Crippen LogP contribution is -2.38. The highest BCUT2D eigenvalue weighted by Gasteiger charge is 2.55. The molecule has 0 aliphatic carbocycles. The van der Waals surface area contributed by atoms with Gasteiger partial charge in [0.2, 0.25) is 0 Å². The van der Waals surface area contributed by atoms with Crippen LogP contribution in [0.1, 0.15) is 33.9 Å². The molecule has 0 saturated carbocycles. The second-order valence-corrected chi connectivity index (χ2v) is 18.9. The molecule has 0 amide bonds. The van der Waals surface area contributed by atoms with Crippen LogP contribution in [0.4, 0.5) is 14.6 Å². The van der Waals surface area contributed by atoms with Gasteiger partial charge in [0.05, 0.1) is 25.1 Å². The van der Waals surface area contributed by atoms with Crippen molar-refractivity contribution >= 4 is 49.0 Å². The van der Waals surface area contributed by atoms with Crippen LogP contribution in [-0.4, -0.2) is 89.9 Å². The Labute approximate surface area is 334 Å². The lowest BCUT2D eigenvalue weighted by molar-refractivity contribution is -0.0648. The number of aryl methyl sites for hydroxylation is 1. The summed E-state index contributed by atoms with van der Waals surface area (Å²) in [5.74, 6) is -0.536. The molecule has 3 aliphatic heterocycles. The van der Waals surface area contributed by atoms with Gasteiger partial charge in [0.1, 0.15) is 42.0 Å². The lowest BCUT2D eigenvalue weighted by Gasteiger charge is -2.27. The molecule has 2 aromatic carbocycles. The van der Waals surface area contributed by atoms with Gasteiger partial charge in [-0.05, 0) is 48.1 Å². The number of hydrogen-bond acceptors (Lipinski definition) is 17. The first-order chi connectivity index (χ1) is 28.2. The molecule has 20 nitrogen and oxygen atoms in total. The highest BCUT2D eigenvalue weighted by Crippen LogP contribution is 2.65. The third-order valence-corrected chi connectivity index (χ3v) is 14.1. The second kappa shape index (κ2) is 16.4. The van der Waals surface area contributed by atoms with Crippen LogP contribution in [0.3, 0.4) is 0 Å². The van der Waals surface area contributed by atoms with Crippen LogP contribution in [0.25, 0.3) is 11.2 Å². The molecular formula is C34H33F2N7O13P2S. The smallest absolute Gasteiger partial charge is 0.423 e. The molecule has 10 atom stereocenters. The summed E-state index contributed by atoms with van der Waals surface area (Å²) in [4.78, 5) is 62.2. The number of benzene rings is 2. The standard InChI is InChI=1S/C34H33F2N7O13P2S/c1-17-2-6-19(7-3-17)33(45)52-20-8-4-18(5-9-20)14-59-58(49)51-13-22-24(35)27(32(54-22)43-16-40-26-29(37)38-15-39-30(26)43)55-57(47,48)50-12-21-25(36)28(56-58)31(53-21)42-11-10-23(44)41-34(42)46/h2-11,15-16,21-22,24-25,27-28,31-32H,12-14H2,1H3,(H,47,48)(H2,37,38,39)(H,41,44,46)/t21-,22-,24-,25-,27-,28-,31-,32-,58?/m1/s1. The van der Waals surface area contributed by atoms with Crippen molar-refractivity contribution < 1.29 is 59.9 Å². The van der Waals surface area contributed by atoms with Crippen LogP contribution in [0, 0.1) is 6.92 Å². The molecular weight excluding hydrogens is 846 g/mol. The quantitative estimate of drug-likeness (QED) is 0.119. The number of nitrogens with one attached hydrogen (secondary N) is 1. The van der Waals surface area contributed by atoms with Gasteiger partial charge in [-0.15, -0.1) is 0 Å². The number of rotatable bonds is 7. The number of nitrogen functional groups attached to an aromatic ring is 1. The monoisotopic (exact) mass is 879 g/mol. The highest BCUT2D eigenvalue weighted by molar-refractivity contribution is 8.54. The van der Waals surface area contributed by atoms with Gasteiger partial charge in [-0.2, -0.15) is 0 Å². The van der Waals surface area contributed by atoms with Crippen LogP contribution in [0.15, 0.2) is 83.0 Å². The first-order valence-electron chi connectivity index (χ1n) is 17.6. The molecule has 2 unspecified atom stereocenters. The van der Waals surface area contributed by atoms with Crippen LogP contribution >= 0.6 is 26.0 Å². The second-order valence-electron chi connectivity index (χ2n) is 13.4. The van der Waals surface area contributed by atoms with Crippen molar-refractivity contribution in [2.24, 2.45) is 0 Å². The number of ether oxygens (including phenoxy) is 3. The van der Waals surface area contributed by atoms with Gasteiger partial charge in [0.15, 0.2) is 36.3 Å². The number of aromatic nitrogens is 6. The van der Waals surface area contributed by atoms with Crippen LogP contribution in [-0.2, 0) is 42.5 Å². The number of hydrogen-bond donors (Lipinski definition) is 3. The molecule has 3 aliphatic rings. The van der Waals surface area contributed by atoms with E-state index in [0.717, 1.165) is 28.7 Å². The van der Waals surface area contributed by atoms with Crippen molar-refractivity contribution in [2.75, 3.05) is 18.9 Å². The van der Waals surface area contributed by atoms with E-state index in [4.69, 9.17) is 38.0 Å². The fourth-order valence-electron chi connectivity index (χ4n) is 6.44. The topological polar surface area (TPSA) is 261 Å². The van der Waals surface area contributed by atoms with E-state index in [1.54, 1.807) is 36.4 Å². The fraction of sp³-hybridized carbons (Fsp3) is 0.353.